The van der Waals surface area contributed by atoms with Crippen LogP contribution in [0.5, 0.6) is 0 Å². The summed E-state index contributed by atoms with van der Waals surface area (Å²) in [4.78, 5) is 4.18. The molecule has 0 bridgehead atoms. The number of hydrogen-bond donors (Lipinski definition) is 1. The van der Waals surface area contributed by atoms with Crippen molar-refractivity contribution in [3.63, 3.8) is 0 Å². The highest BCUT2D eigenvalue weighted by atomic mass is 15.2. The second-order valence-corrected chi connectivity index (χ2v) is 4.11. The Morgan fingerprint density at radius 1 is 1.25 bits per heavy atom. The second kappa shape index (κ2) is 5.38. The van der Waals surface area contributed by atoms with Crippen LogP contribution in [0.25, 0.3) is 0 Å². The predicted octanol–water partition coefficient (Wildman–Crippen LogP) is 1.14. The summed E-state index contributed by atoms with van der Waals surface area (Å²) in [6.07, 6.45) is 0. The van der Waals surface area contributed by atoms with E-state index in [2.05, 4.69) is 15.9 Å². The van der Waals surface area contributed by atoms with Crippen molar-refractivity contribution in [1.82, 2.24) is 4.90 Å². The van der Waals surface area contributed by atoms with Gasteiger partial charge in [-0.1, -0.05) is 0 Å². The SMILES string of the molecule is CN(C)CCN(C)c1ccc(N)cc1C#N. The number of anilines is 2. The van der Waals surface area contributed by atoms with Crippen molar-refractivity contribution in [1.29, 1.82) is 5.26 Å². The number of nitrogen functional groups attached to an aromatic ring is 1. The molecule has 86 valence electrons. The summed E-state index contributed by atoms with van der Waals surface area (Å²) in [5.41, 5.74) is 7.83. The van der Waals surface area contributed by atoms with E-state index in [0.29, 0.717) is 11.3 Å². The summed E-state index contributed by atoms with van der Waals surface area (Å²) in [7, 11) is 6.04. The summed E-state index contributed by atoms with van der Waals surface area (Å²) in [5.74, 6) is 0. The normalized spacial score (nSPS) is 10.2. The van der Waals surface area contributed by atoms with Gasteiger partial charge in [-0.25, -0.2) is 0 Å². The molecule has 0 aliphatic rings. The second-order valence-electron chi connectivity index (χ2n) is 4.11. The van der Waals surface area contributed by atoms with Crippen LogP contribution in [0.2, 0.25) is 0 Å². The Morgan fingerprint density at radius 3 is 2.50 bits per heavy atom. The van der Waals surface area contributed by atoms with Crippen LogP contribution in [-0.4, -0.2) is 39.1 Å². The van der Waals surface area contributed by atoms with Crippen LogP contribution in [0.15, 0.2) is 18.2 Å². The van der Waals surface area contributed by atoms with Crippen LogP contribution in [0.1, 0.15) is 5.56 Å². The fourth-order valence-corrected chi connectivity index (χ4v) is 1.45. The van der Waals surface area contributed by atoms with Gasteiger partial charge in [-0.15, -0.1) is 0 Å². The van der Waals surface area contributed by atoms with Gasteiger partial charge in [-0.3, -0.25) is 0 Å². The maximum Gasteiger partial charge on any atom is 0.101 e. The van der Waals surface area contributed by atoms with Gasteiger partial charge in [-0.05, 0) is 32.3 Å². The number of rotatable bonds is 4. The molecule has 0 atom stereocenters. The van der Waals surface area contributed by atoms with Crippen molar-refractivity contribution in [3.05, 3.63) is 23.8 Å². The van der Waals surface area contributed by atoms with E-state index >= 15 is 0 Å². The molecule has 0 unspecified atom stereocenters. The minimum absolute atomic E-state index is 0.626. The molecule has 0 heterocycles. The molecular weight excluding hydrogens is 200 g/mol. The highest BCUT2D eigenvalue weighted by Gasteiger charge is 2.07. The molecule has 0 saturated heterocycles. The number of benzene rings is 1. The summed E-state index contributed by atoms with van der Waals surface area (Å²) in [6.45, 7) is 1.83. The van der Waals surface area contributed by atoms with Gasteiger partial charge in [0, 0.05) is 25.8 Å². The molecule has 0 saturated carbocycles. The number of nitriles is 1. The van der Waals surface area contributed by atoms with Crippen molar-refractivity contribution in [2.45, 2.75) is 0 Å². The van der Waals surface area contributed by atoms with Crippen LogP contribution in [0.3, 0.4) is 0 Å². The van der Waals surface area contributed by atoms with Crippen LogP contribution in [0, 0.1) is 11.3 Å². The lowest BCUT2D eigenvalue weighted by molar-refractivity contribution is 0.416. The fraction of sp³-hybridized carbons (Fsp3) is 0.417. The summed E-state index contributed by atoms with van der Waals surface area (Å²) in [6, 6.07) is 7.59. The van der Waals surface area contributed by atoms with Gasteiger partial charge in [0.1, 0.15) is 6.07 Å². The number of nitrogens with zero attached hydrogens (tertiary/aromatic N) is 3. The van der Waals surface area contributed by atoms with Gasteiger partial charge in [-0.2, -0.15) is 5.26 Å². The zero-order valence-corrected chi connectivity index (χ0v) is 10.1. The maximum atomic E-state index is 9.03. The van der Waals surface area contributed by atoms with Crippen LogP contribution < -0.4 is 10.6 Å². The zero-order chi connectivity index (χ0) is 12.1. The van der Waals surface area contributed by atoms with Crippen molar-refractivity contribution in [2.75, 3.05) is 44.9 Å². The molecule has 0 amide bonds. The molecule has 0 fully saturated rings. The first-order valence-electron chi connectivity index (χ1n) is 5.20. The fourth-order valence-electron chi connectivity index (χ4n) is 1.45. The molecule has 4 heteroatoms. The van der Waals surface area contributed by atoms with Crippen molar-refractivity contribution in [3.8, 4) is 6.07 Å². The number of likely N-dealkylation sites (N-methyl/N-ethyl adjacent to an activating group) is 2. The molecule has 0 radical (unpaired) electrons. The van der Waals surface area contributed by atoms with E-state index in [0.717, 1.165) is 18.8 Å². The van der Waals surface area contributed by atoms with E-state index < -0.39 is 0 Å². The Labute approximate surface area is 96.9 Å². The Morgan fingerprint density at radius 2 is 1.94 bits per heavy atom. The van der Waals surface area contributed by atoms with Crippen molar-refractivity contribution < 1.29 is 0 Å². The summed E-state index contributed by atoms with van der Waals surface area (Å²) < 4.78 is 0. The molecule has 4 nitrogen and oxygen atoms in total. The predicted molar refractivity (Wildman–Crippen MR) is 67.4 cm³/mol. The molecule has 1 rings (SSSR count). The summed E-state index contributed by atoms with van der Waals surface area (Å²) >= 11 is 0. The smallest absolute Gasteiger partial charge is 0.101 e. The van der Waals surface area contributed by atoms with E-state index in [1.807, 2.05) is 33.3 Å². The van der Waals surface area contributed by atoms with Crippen LogP contribution >= 0.6 is 0 Å². The lowest BCUT2D eigenvalue weighted by Crippen LogP contribution is -2.28. The first-order chi connectivity index (χ1) is 7.54. The third-order valence-corrected chi connectivity index (χ3v) is 2.43. The molecule has 0 aliphatic carbocycles. The Bertz CT molecular complexity index is 392. The Balaban J connectivity index is 2.83. The highest BCUT2D eigenvalue weighted by Crippen LogP contribution is 2.21. The summed E-state index contributed by atoms with van der Waals surface area (Å²) in [5, 5.41) is 9.03. The third-order valence-electron chi connectivity index (χ3n) is 2.43. The van der Waals surface area contributed by atoms with E-state index in [1.165, 1.54) is 0 Å². The van der Waals surface area contributed by atoms with Gasteiger partial charge in [0.15, 0.2) is 0 Å². The zero-order valence-electron chi connectivity index (χ0n) is 10.1. The standard InChI is InChI=1S/C12H18N4/c1-15(2)6-7-16(3)12-5-4-11(14)8-10(12)9-13/h4-5,8H,6-7,14H2,1-3H3. The van der Waals surface area contributed by atoms with Gasteiger partial charge in [0.25, 0.3) is 0 Å². The first kappa shape index (κ1) is 12.3. The molecule has 1 aromatic rings. The maximum absolute atomic E-state index is 9.03. The molecule has 2 N–H and O–H groups in total. The van der Waals surface area contributed by atoms with E-state index in [-0.39, 0.29) is 0 Å². The first-order valence-corrected chi connectivity index (χ1v) is 5.20. The monoisotopic (exact) mass is 218 g/mol. The van der Waals surface area contributed by atoms with Gasteiger partial charge in [0.2, 0.25) is 0 Å². The molecule has 0 aliphatic heterocycles. The molecule has 16 heavy (non-hydrogen) atoms. The van der Waals surface area contributed by atoms with Crippen molar-refractivity contribution in [2.24, 2.45) is 0 Å². The van der Waals surface area contributed by atoms with Crippen LogP contribution in [-0.2, 0) is 0 Å². The molecular formula is C12H18N4. The van der Waals surface area contributed by atoms with Gasteiger partial charge < -0.3 is 15.5 Å². The lowest BCUT2D eigenvalue weighted by Gasteiger charge is -2.22. The lowest BCUT2D eigenvalue weighted by atomic mass is 10.1. The number of hydrogen-bond acceptors (Lipinski definition) is 4. The van der Waals surface area contributed by atoms with Gasteiger partial charge in [0.05, 0.1) is 11.3 Å². The quantitative estimate of drug-likeness (QED) is 0.770. The van der Waals surface area contributed by atoms with E-state index in [4.69, 9.17) is 11.0 Å². The minimum Gasteiger partial charge on any atom is -0.399 e. The van der Waals surface area contributed by atoms with Crippen molar-refractivity contribution >= 4 is 11.4 Å². The molecule has 0 aromatic heterocycles. The topological polar surface area (TPSA) is 56.3 Å². The highest BCUT2D eigenvalue weighted by molar-refractivity contribution is 5.64. The van der Waals surface area contributed by atoms with E-state index in [9.17, 15) is 0 Å². The van der Waals surface area contributed by atoms with Crippen LogP contribution in [0.4, 0.5) is 11.4 Å². The average Bonchev–Trinajstić information content (AvgIpc) is 2.25. The van der Waals surface area contributed by atoms with E-state index in [1.54, 1.807) is 6.07 Å². The average molecular weight is 218 g/mol. The Kier molecular flexibility index (Phi) is 4.15. The molecule has 0 spiro atoms. The largest absolute Gasteiger partial charge is 0.399 e. The Hall–Kier alpha value is -1.73. The third kappa shape index (κ3) is 3.14. The number of nitrogens with two attached hydrogens (primary N) is 1. The minimum atomic E-state index is 0.626. The molecule has 1 aromatic carbocycles. The van der Waals surface area contributed by atoms with Gasteiger partial charge >= 0.3 is 0 Å².